The molecule has 1 aliphatic rings. The van der Waals surface area contributed by atoms with Crippen molar-refractivity contribution < 1.29 is 14.6 Å². The first-order chi connectivity index (χ1) is 5.74. The lowest BCUT2D eigenvalue weighted by molar-refractivity contribution is -0.0240. The Labute approximate surface area is 71.1 Å². The van der Waals surface area contributed by atoms with E-state index in [1.165, 1.54) is 4.90 Å². The fraction of sp³-hybridized carbons (Fsp3) is 0.857. The highest BCUT2D eigenvalue weighted by Crippen LogP contribution is 2.07. The second-order valence-corrected chi connectivity index (χ2v) is 2.80. The summed E-state index contributed by atoms with van der Waals surface area (Å²) < 4.78 is 5.31. The summed E-state index contributed by atoms with van der Waals surface area (Å²) in [4.78, 5) is 11.9. The van der Waals surface area contributed by atoms with Crippen LogP contribution in [0.2, 0.25) is 0 Å². The summed E-state index contributed by atoms with van der Waals surface area (Å²) in [5.74, 6) is 0. The molecule has 0 aromatic heterocycles. The number of ether oxygens (including phenoxy) is 1. The van der Waals surface area contributed by atoms with Crippen molar-refractivity contribution in [3.05, 3.63) is 0 Å². The first kappa shape index (κ1) is 9.28. The van der Waals surface area contributed by atoms with E-state index in [1.54, 1.807) is 0 Å². The highest BCUT2D eigenvalue weighted by Gasteiger charge is 2.22. The minimum Gasteiger partial charge on any atom is -0.465 e. The van der Waals surface area contributed by atoms with Crippen molar-refractivity contribution in [2.45, 2.75) is 12.5 Å². The van der Waals surface area contributed by atoms with Crippen LogP contribution in [0.25, 0.3) is 0 Å². The number of amides is 1. The molecule has 0 aromatic rings. The van der Waals surface area contributed by atoms with Crippen molar-refractivity contribution in [2.24, 2.45) is 5.73 Å². The molecule has 0 aromatic carbocycles. The zero-order chi connectivity index (χ0) is 8.97. The maximum Gasteiger partial charge on any atom is 0.407 e. The van der Waals surface area contributed by atoms with E-state index < -0.39 is 6.09 Å². The van der Waals surface area contributed by atoms with Crippen molar-refractivity contribution in [3.8, 4) is 0 Å². The van der Waals surface area contributed by atoms with Crippen LogP contribution in [0.3, 0.4) is 0 Å². The van der Waals surface area contributed by atoms with E-state index in [2.05, 4.69) is 0 Å². The van der Waals surface area contributed by atoms with Crippen LogP contribution >= 0.6 is 0 Å². The lowest BCUT2D eigenvalue weighted by atomic mass is 10.2. The highest BCUT2D eigenvalue weighted by molar-refractivity contribution is 5.65. The molecule has 1 amide bonds. The molecule has 70 valence electrons. The monoisotopic (exact) mass is 174 g/mol. The Morgan fingerprint density at radius 3 is 3.08 bits per heavy atom. The smallest absolute Gasteiger partial charge is 0.407 e. The second kappa shape index (κ2) is 4.27. The Balaban J connectivity index is 2.35. The van der Waals surface area contributed by atoms with Crippen LogP contribution in [0, 0.1) is 0 Å². The average molecular weight is 174 g/mol. The van der Waals surface area contributed by atoms with Gasteiger partial charge in [-0.15, -0.1) is 0 Å². The molecular formula is C7H14N2O3. The minimum atomic E-state index is -0.875. The maximum atomic E-state index is 10.5. The van der Waals surface area contributed by atoms with Crippen LogP contribution in [0.1, 0.15) is 6.42 Å². The largest absolute Gasteiger partial charge is 0.465 e. The van der Waals surface area contributed by atoms with Crippen molar-refractivity contribution in [1.82, 2.24) is 4.90 Å². The molecule has 5 nitrogen and oxygen atoms in total. The molecule has 1 aliphatic heterocycles. The zero-order valence-corrected chi connectivity index (χ0v) is 6.90. The Morgan fingerprint density at radius 1 is 1.75 bits per heavy atom. The highest BCUT2D eigenvalue weighted by atomic mass is 16.5. The zero-order valence-electron chi connectivity index (χ0n) is 6.90. The van der Waals surface area contributed by atoms with Gasteiger partial charge in [0, 0.05) is 6.54 Å². The van der Waals surface area contributed by atoms with Gasteiger partial charge in [-0.2, -0.15) is 0 Å². The Hall–Kier alpha value is -0.810. The van der Waals surface area contributed by atoms with Crippen LogP contribution in [-0.4, -0.2) is 48.4 Å². The summed E-state index contributed by atoms with van der Waals surface area (Å²) in [6.45, 7) is 1.94. The van der Waals surface area contributed by atoms with Gasteiger partial charge in [0.2, 0.25) is 0 Å². The Bertz CT molecular complexity index is 161. The molecule has 1 atom stereocenters. The standard InChI is InChI=1S/C7H14N2O3/c8-2-1-6-5-9(7(10)11)3-4-12-6/h6H,1-5,8H2,(H,10,11). The van der Waals surface area contributed by atoms with Crippen molar-refractivity contribution in [2.75, 3.05) is 26.2 Å². The summed E-state index contributed by atoms with van der Waals surface area (Å²) >= 11 is 0. The molecule has 0 spiro atoms. The lowest BCUT2D eigenvalue weighted by Crippen LogP contribution is -2.45. The van der Waals surface area contributed by atoms with Gasteiger partial charge in [0.1, 0.15) is 0 Å². The summed E-state index contributed by atoms with van der Waals surface area (Å²) in [7, 11) is 0. The third-order valence-corrected chi connectivity index (χ3v) is 1.90. The van der Waals surface area contributed by atoms with Gasteiger partial charge in [-0.3, -0.25) is 0 Å². The van der Waals surface area contributed by atoms with Crippen molar-refractivity contribution in [3.63, 3.8) is 0 Å². The first-order valence-electron chi connectivity index (χ1n) is 4.03. The van der Waals surface area contributed by atoms with Crippen LogP contribution in [0.4, 0.5) is 4.79 Å². The molecule has 5 heteroatoms. The summed E-state index contributed by atoms with van der Waals surface area (Å²) in [6, 6.07) is 0. The number of hydrogen-bond donors (Lipinski definition) is 2. The van der Waals surface area contributed by atoms with E-state index in [-0.39, 0.29) is 6.10 Å². The predicted octanol–water partition coefficient (Wildman–Crippen LogP) is -0.286. The number of rotatable bonds is 2. The van der Waals surface area contributed by atoms with Gasteiger partial charge < -0.3 is 20.5 Å². The molecule has 0 bridgehead atoms. The van der Waals surface area contributed by atoms with Gasteiger partial charge in [-0.1, -0.05) is 0 Å². The summed E-state index contributed by atoms with van der Waals surface area (Å²) in [5, 5.41) is 8.66. The van der Waals surface area contributed by atoms with Gasteiger partial charge in [0.25, 0.3) is 0 Å². The number of carboxylic acid groups (broad SMARTS) is 1. The fourth-order valence-corrected chi connectivity index (χ4v) is 1.25. The molecule has 0 aliphatic carbocycles. The van der Waals surface area contributed by atoms with Crippen LogP contribution in [-0.2, 0) is 4.74 Å². The third kappa shape index (κ3) is 2.35. The molecule has 1 heterocycles. The molecule has 12 heavy (non-hydrogen) atoms. The van der Waals surface area contributed by atoms with Gasteiger partial charge in [0.05, 0.1) is 19.3 Å². The SMILES string of the molecule is NCCC1CN(C(=O)O)CCO1. The van der Waals surface area contributed by atoms with Gasteiger partial charge in [-0.05, 0) is 13.0 Å². The normalized spacial score (nSPS) is 24.1. The number of morpholine rings is 1. The topological polar surface area (TPSA) is 75.8 Å². The number of nitrogens with two attached hydrogens (primary N) is 1. The molecular weight excluding hydrogens is 160 g/mol. The summed E-state index contributed by atoms with van der Waals surface area (Å²) in [5.41, 5.74) is 5.33. The van der Waals surface area contributed by atoms with E-state index in [1.807, 2.05) is 0 Å². The first-order valence-corrected chi connectivity index (χ1v) is 4.03. The van der Waals surface area contributed by atoms with Gasteiger partial charge >= 0.3 is 6.09 Å². The Kier molecular flexibility index (Phi) is 3.31. The summed E-state index contributed by atoms with van der Waals surface area (Å²) in [6.07, 6.45) is -0.163. The van der Waals surface area contributed by atoms with Crippen molar-refractivity contribution >= 4 is 6.09 Å². The van der Waals surface area contributed by atoms with E-state index in [0.717, 1.165) is 6.42 Å². The maximum absolute atomic E-state index is 10.5. The van der Waals surface area contributed by atoms with Gasteiger partial charge in [0.15, 0.2) is 0 Å². The van der Waals surface area contributed by atoms with Crippen LogP contribution in [0.5, 0.6) is 0 Å². The van der Waals surface area contributed by atoms with Crippen LogP contribution in [0.15, 0.2) is 0 Å². The molecule has 0 saturated carbocycles. The van der Waals surface area contributed by atoms with E-state index in [9.17, 15) is 4.79 Å². The fourth-order valence-electron chi connectivity index (χ4n) is 1.25. The van der Waals surface area contributed by atoms with E-state index in [4.69, 9.17) is 15.6 Å². The number of nitrogens with zero attached hydrogens (tertiary/aromatic N) is 1. The molecule has 1 rings (SSSR count). The lowest BCUT2D eigenvalue weighted by Gasteiger charge is -2.30. The molecule has 1 saturated heterocycles. The molecule has 1 unspecified atom stereocenters. The minimum absolute atomic E-state index is 0.0140. The molecule has 0 radical (unpaired) electrons. The third-order valence-electron chi connectivity index (χ3n) is 1.90. The Morgan fingerprint density at radius 2 is 2.50 bits per heavy atom. The average Bonchev–Trinajstić information content (AvgIpc) is 2.05. The number of hydrogen-bond acceptors (Lipinski definition) is 3. The van der Waals surface area contributed by atoms with E-state index in [0.29, 0.717) is 26.2 Å². The van der Waals surface area contributed by atoms with E-state index >= 15 is 0 Å². The number of carbonyl (C=O) groups is 1. The van der Waals surface area contributed by atoms with Crippen LogP contribution < -0.4 is 5.73 Å². The second-order valence-electron chi connectivity index (χ2n) is 2.80. The quantitative estimate of drug-likeness (QED) is 0.603. The molecule has 1 fully saturated rings. The van der Waals surface area contributed by atoms with Gasteiger partial charge in [-0.25, -0.2) is 4.79 Å². The molecule has 3 N–H and O–H groups in total. The van der Waals surface area contributed by atoms with Crippen molar-refractivity contribution in [1.29, 1.82) is 0 Å². The predicted molar refractivity (Wildman–Crippen MR) is 43.0 cm³/mol.